The number of fused-ring (bicyclic) bond motifs is 1. The number of imidazole rings is 1. The van der Waals surface area contributed by atoms with Gasteiger partial charge in [0.05, 0.1) is 11.0 Å². The van der Waals surface area contributed by atoms with Gasteiger partial charge in [0.15, 0.2) is 0 Å². The molecule has 3 aromatic rings. The summed E-state index contributed by atoms with van der Waals surface area (Å²) in [5.41, 5.74) is 4.17. The number of rotatable bonds is 2. The van der Waals surface area contributed by atoms with E-state index in [9.17, 15) is 5.11 Å². The zero-order valence-corrected chi connectivity index (χ0v) is 13.0. The van der Waals surface area contributed by atoms with Gasteiger partial charge in [-0.05, 0) is 55.8 Å². The molecular formula is C16H15BrN2O. The van der Waals surface area contributed by atoms with Gasteiger partial charge >= 0.3 is 0 Å². The fraction of sp³-hybridized carbons (Fsp3) is 0.188. The molecule has 0 fully saturated rings. The molecule has 102 valence electrons. The van der Waals surface area contributed by atoms with Crippen LogP contribution >= 0.6 is 15.9 Å². The van der Waals surface area contributed by atoms with Crippen LogP contribution in [0.3, 0.4) is 0 Å². The summed E-state index contributed by atoms with van der Waals surface area (Å²) in [6.07, 6.45) is 0. The van der Waals surface area contributed by atoms with Crippen molar-refractivity contribution in [2.24, 2.45) is 0 Å². The van der Waals surface area contributed by atoms with E-state index < -0.39 is 0 Å². The molecule has 1 heterocycles. The molecular weight excluding hydrogens is 316 g/mol. The molecule has 0 atom stereocenters. The van der Waals surface area contributed by atoms with Crippen LogP contribution in [0.15, 0.2) is 40.9 Å². The van der Waals surface area contributed by atoms with E-state index in [0.717, 1.165) is 39.0 Å². The number of aryl methyl sites for hydroxylation is 2. The summed E-state index contributed by atoms with van der Waals surface area (Å²) < 4.78 is 3.22. The molecule has 0 spiro atoms. The Balaban J connectivity index is 2.30. The lowest BCUT2D eigenvalue weighted by Gasteiger charge is -2.09. The minimum absolute atomic E-state index is 0.285. The van der Waals surface area contributed by atoms with Gasteiger partial charge in [-0.15, -0.1) is 0 Å². The predicted molar refractivity (Wildman–Crippen MR) is 84.9 cm³/mol. The standard InChI is InChI=1S/C16H15BrN2O/c1-3-19-15-7-4-11(17)9-14(15)18-16(19)13-6-5-12(20)8-10(13)2/h4-9,20H,3H2,1-2H3. The third-order valence-corrected chi connectivity index (χ3v) is 3.97. The van der Waals surface area contributed by atoms with Gasteiger partial charge in [-0.1, -0.05) is 15.9 Å². The Hall–Kier alpha value is -1.81. The molecule has 0 radical (unpaired) electrons. The summed E-state index contributed by atoms with van der Waals surface area (Å²) in [6, 6.07) is 11.5. The Bertz CT molecular complexity index is 793. The average molecular weight is 331 g/mol. The van der Waals surface area contributed by atoms with Gasteiger partial charge < -0.3 is 9.67 Å². The molecule has 0 aliphatic carbocycles. The van der Waals surface area contributed by atoms with Crippen molar-refractivity contribution < 1.29 is 5.11 Å². The van der Waals surface area contributed by atoms with Gasteiger partial charge in [0, 0.05) is 16.6 Å². The molecule has 1 N–H and O–H groups in total. The van der Waals surface area contributed by atoms with Crippen LogP contribution in [0, 0.1) is 6.92 Å². The molecule has 0 saturated heterocycles. The molecule has 0 unspecified atom stereocenters. The van der Waals surface area contributed by atoms with Gasteiger partial charge in [-0.2, -0.15) is 0 Å². The molecule has 2 aromatic carbocycles. The van der Waals surface area contributed by atoms with Crippen molar-refractivity contribution in [1.82, 2.24) is 9.55 Å². The van der Waals surface area contributed by atoms with E-state index in [0.29, 0.717) is 0 Å². The summed E-state index contributed by atoms with van der Waals surface area (Å²) >= 11 is 3.49. The number of halogens is 1. The molecule has 0 amide bonds. The minimum Gasteiger partial charge on any atom is -0.508 e. The lowest BCUT2D eigenvalue weighted by Crippen LogP contribution is -1.98. The fourth-order valence-electron chi connectivity index (χ4n) is 2.53. The largest absolute Gasteiger partial charge is 0.508 e. The maximum Gasteiger partial charge on any atom is 0.141 e. The summed E-state index contributed by atoms with van der Waals surface area (Å²) in [6.45, 7) is 4.96. The molecule has 3 nitrogen and oxygen atoms in total. The topological polar surface area (TPSA) is 38.0 Å². The highest BCUT2D eigenvalue weighted by atomic mass is 79.9. The number of aromatic hydroxyl groups is 1. The molecule has 20 heavy (non-hydrogen) atoms. The van der Waals surface area contributed by atoms with Crippen LogP contribution < -0.4 is 0 Å². The van der Waals surface area contributed by atoms with Gasteiger partial charge in [-0.3, -0.25) is 0 Å². The van der Waals surface area contributed by atoms with Crippen LogP contribution in [-0.2, 0) is 6.54 Å². The fourth-order valence-corrected chi connectivity index (χ4v) is 2.88. The molecule has 0 saturated carbocycles. The molecule has 0 aliphatic rings. The smallest absolute Gasteiger partial charge is 0.141 e. The summed E-state index contributed by atoms with van der Waals surface area (Å²) in [4.78, 5) is 4.76. The highest BCUT2D eigenvalue weighted by Crippen LogP contribution is 2.30. The lowest BCUT2D eigenvalue weighted by molar-refractivity contribution is 0.475. The second-order valence-corrected chi connectivity index (χ2v) is 5.73. The second-order valence-electron chi connectivity index (χ2n) is 4.81. The van der Waals surface area contributed by atoms with E-state index in [1.807, 2.05) is 25.1 Å². The number of benzene rings is 2. The summed E-state index contributed by atoms with van der Waals surface area (Å²) in [7, 11) is 0. The van der Waals surface area contributed by atoms with Crippen LogP contribution in [0.4, 0.5) is 0 Å². The highest BCUT2D eigenvalue weighted by Gasteiger charge is 2.13. The Morgan fingerprint density at radius 3 is 2.70 bits per heavy atom. The number of aromatic nitrogens is 2. The molecule has 4 heteroatoms. The predicted octanol–water partition coefficient (Wildman–Crippen LogP) is 4.50. The Kier molecular flexibility index (Phi) is 3.26. The Morgan fingerprint density at radius 2 is 2.00 bits per heavy atom. The summed E-state index contributed by atoms with van der Waals surface area (Å²) in [5, 5.41) is 9.55. The molecule has 0 bridgehead atoms. The SMILES string of the molecule is CCn1c(-c2ccc(O)cc2C)nc2cc(Br)ccc21. The van der Waals surface area contributed by atoms with Gasteiger partial charge in [0.25, 0.3) is 0 Å². The van der Waals surface area contributed by atoms with Crippen molar-refractivity contribution in [2.45, 2.75) is 20.4 Å². The summed E-state index contributed by atoms with van der Waals surface area (Å²) in [5.74, 6) is 1.23. The Morgan fingerprint density at radius 1 is 1.20 bits per heavy atom. The van der Waals surface area contributed by atoms with Crippen LogP contribution in [0.2, 0.25) is 0 Å². The van der Waals surface area contributed by atoms with Gasteiger partial charge in [0.2, 0.25) is 0 Å². The van der Waals surface area contributed by atoms with Crippen molar-refractivity contribution in [1.29, 1.82) is 0 Å². The number of hydrogen-bond acceptors (Lipinski definition) is 2. The number of nitrogens with zero attached hydrogens (tertiary/aromatic N) is 2. The number of hydrogen-bond donors (Lipinski definition) is 1. The van der Waals surface area contributed by atoms with E-state index >= 15 is 0 Å². The second kappa shape index (κ2) is 4.94. The van der Waals surface area contributed by atoms with Gasteiger partial charge in [-0.25, -0.2) is 4.98 Å². The minimum atomic E-state index is 0.285. The maximum atomic E-state index is 9.55. The van der Waals surface area contributed by atoms with E-state index in [2.05, 4.69) is 33.5 Å². The first-order valence-corrected chi connectivity index (χ1v) is 7.35. The quantitative estimate of drug-likeness (QED) is 0.751. The zero-order valence-electron chi connectivity index (χ0n) is 11.4. The third-order valence-electron chi connectivity index (χ3n) is 3.48. The van der Waals surface area contributed by atoms with Crippen molar-refractivity contribution >= 4 is 27.0 Å². The first-order chi connectivity index (χ1) is 9.60. The third kappa shape index (κ3) is 2.10. The number of phenolic OH excluding ortho intramolecular Hbond substituents is 1. The van der Waals surface area contributed by atoms with E-state index in [1.165, 1.54) is 0 Å². The Labute approximate surface area is 126 Å². The van der Waals surface area contributed by atoms with Crippen LogP contribution in [-0.4, -0.2) is 14.7 Å². The van der Waals surface area contributed by atoms with Crippen LogP contribution in [0.5, 0.6) is 5.75 Å². The van der Waals surface area contributed by atoms with E-state index in [-0.39, 0.29) is 5.75 Å². The lowest BCUT2D eigenvalue weighted by atomic mass is 10.1. The maximum absolute atomic E-state index is 9.55. The zero-order chi connectivity index (χ0) is 14.3. The van der Waals surface area contributed by atoms with Crippen LogP contribution in [0.25, 0.3) is 22.4 Å². The van der Waals surface area contributed by atoms with Crippen molar-refractivity contribution in [3.63, 3.8) is 0 Å². The van der Waals surface area contributed by atoms with E-state index in [1.54, 1.807) is 12.1 Å². The molecule has 1 aromatic heterocycles. The average Bonchev–Trinajstić information content (AvgIpc) is 2.75. The number of phenols is 1. The van der Waals surface area contributed by atoms with Crippen LogP contribution in [0.1, 0.15) is 12.5 Å². The highest BCUT2D eigenvalue weighted by molar-refractivity contribution is 9.10. The van der Waals surface area contributed by atoms with Crippen molar-refractivity contribution in [3.8, 4) is 17.1 Å². The van der Waals surface area contributed by atoms with E-state index in [4.69, 9.17) is 4.98 Å². The van der Waals surface area contributed by atoms with Gasteiger partial charge in [0.1, 0.15) is 11.6 Å². The first kappa shape index (κ1) is 13.2. The molecule has 3 rings (SSSR count). The van der Waals surface area contributed by atoms with Crippen molar-refractivity contribution in [2.75, 3.05) is 0 Å². The monoisotopic (exact) mass is 330 g/mol. The van der Waals surface area contributed by atoms with Crippen molar-refractivity contribution in [3.05, 3.63) is 46.4 Å². The first-order valence-electron chi connectivity index (χ1n) is 6.56. The normalized spacial score (nSPS) is 11.2. The molecule has 0 aliphatic heterocycles.